The molecule has 2 fully saturated rings. The van der Waals surface area contributed by atoms with Gasteiger partial charge in [0.05, 0.1) is 0 Å². The van der Waals surface area contributed by atoms with E-state index in [0.29, 0.717) is 0 Å². The van der Waals surface area contributed by atoms with Gasteiger partial charge in [0.1, 0.15) is 0 Å². The van der Waals surface area contributed by atoms with E-state index < -0.39 is 0 Å². The van der Waals surface area contributed by atoms with Crippen LogP contribution >= 0.6 is 0 Å². The predicted molar refractivity (Wildman–Crippen MR) is 77.7 cm³/mol. The summed E-state index contributed by atoms with van der Waals surface area (Å²) in [6.07, 6.45) is 13.6. The van der Waals surface area contributed by atoms with Crippen LogP contribution in [-0.4, -0.2) is 30.5 Å². The number of guanidine groups is 1. The molecule has 2 N–H and O–H groups in total. The Bertz CT molecular complexity index is 248. The zero-order valence-electron chi connectivity index (χ0n) is 11.7. The summed E-state index contributed by atoms with van der Waals surface area (Å²) in [4.78, 5) is 6.85. The van der Waals surface area contributed by atoms with Crippen molar-refractivity contribution in [2.75, 3.05) is 19.6 Å². The highest BCUT2D eigenvalue weighted by Gasteiger charge is 2.14. The van der Waals surface area contributed by atoms with Gasteiger partial charge in [-0.25, -0.2) is 0 Å². The highest BCUT2D eigenvalue weighted by atomic mass is 15.2. The van der Waals surface area contributed by atoms with Gasteiger partial charge in [0.2, 0.25) is 0 Å². The van der Waals surface area contributed by atoms with E-state index in [1.807, 2.05) is 0 Å². The fourth-order valence-electron chi connectivity index (χ4n) is 3.27. The number of nitrogens with two attached hydrogens (primary N) is 1. The van der Waals surface area contributed by atoms with Crippen LogP contribution in [0.25, 0.3) is 0 Å². The van der Waals surface area contributed by atoms with Crippen molar-refractivity contribution >= 4 is 5.96 Å². The van der Waals surface area contributed by atoms with E-state index in [1.54, 1.807) is 0 Å². The first-order valence-electron chi connectivity index (χ1n) is 7.91. The fraction of sp³-hybridized carbons (Fsp3) is 0.933. The molecule has 1 heterocycles. The lowest BCUT2D eigenvalue weighted by molar-refractivity contribution is 0.427. The molecule has 18 heavy (non-hydrogen) atoms. The highest BCUT2D eigenvalue weighted by molar-refractivity contribution is 5.78. The summed E-state index contributed by atoms with van der Waals surface area (Å²) in [6.45, 7) is 3.15. The van der Waals surface area contributed by atoms with Gasteiger partial charge < -0.3 is 10.6 Å². The Morgan fingerprint density at radius 1 is 1.00 bits per heavy atom. The van der Waals surface area contributed by atoms with Crippen LogP contribution in [0.5, 0.6) is 0 Å². The second-order valence-corrected chi connectivity index (χ2v) is 5.93. The Kier molecular flexibility index (Phi) is 5.82. The molecule has 1 aliphatic heterocycles. The van der Waals surface area contributed by atoms with Crippen molar-refractivity contribution < 1.29 is 0 Å². The molecular formula is C15H29N3. The Balaban J connectivity index is 1.64. The van der Waals surface area contributed by atoms with Crippen LogP contribution in [0, 0.1) is 5.92 Å². The molecule has 0 bridgehead atoms. The van der Waals surface area contributed by atoms with Crippen LogP contribution in [0.2, 0.25) is 0 Å². The van der Waals surface area contributed by atoms with Crippen molar-refractivity contribution in [1.82, 2.24) is 4.90 Å². The van der Waals surface area contributed by atoms with Crippen LogP contribution in [0.1, 0.15) is 64.2 Å². The number of hydrogen-bond donors (Lipinski definition) is 1. The number of rotatable bonds is 4. The van der Waals surface area contributed by atoms with E-state index in [1.165, 1.54) is 64.2 Å². The molecule has 104 valence electrons. The van der Waals surface area contributed by atoms with Crippen LogP contribution < -0.4 is 5.73 Å². The smallest absolute Gasteiger partial charge is 0.191 e. The minimum Gasteiger partial charge on any atom is -0.370 e. The molecule has 0 radical (unpaired) electrons. The third kappa shape index (κ3) is 4.51. The van der Waals surface area contributed by atoms with Gasteiger partial charge in [0, 0.05) is 19.6 Å². The quantitative estimate of drug-likeness (QED) is 0.474. The zero-order chi connectivity index (χ0) is 12.6. The lowest BCUT2D eigenvalue weighted by atomic mass is 10.0. The van der Waals surface area contributed by atoms with E-state index in [-0.39, 0.29) is 0 Å². The molecule has 3 nitrogen and oxygen atoms in total. The first kappa shape index (κ1) is 13.7. The molecule has 0 amide bonds. The Morgan fingerprint density at radius 3 is 2.33 bits per heavy atom. The van der Waals surface area contributed by atoms with Crippen molar-refractivity contribution in [2.45, 2.75) is 64.2 Å². The van der Waals surface area contributed by atoms with Crippen LogP contribution in [0.3, 0.4) is 0 Å². The molecule has 0 spiro atoms. The van der Waals surface area contributed by atoms with Gasteiger partial charge >= 0.3 is 0 Å². The molecule has 3 heteroatoms. The Morgan fingerprint density at radius 2 is 1.67 bits per heavy atom. The van der Waals surface area contributed by atoms with Crippen molar-refractivity contribution in [2.24, 2.45) is 16.6 Å². The third-order valence-corrected chi connectivity index (χ3v) is 4.45. The van der Waals surface area contributed by atoms with Crippen LogP contribution in [-0.2, 0) is 0 Å². The van der Waals surface area contributed by atoms with E-state index in [2.05, 4.69) is 9.89 Å². The normalized spacial score (nSPS) is 23.3. The van der Waals surface area contributed by atoms with Crippen LogP contribution in [0.4, 0.5) is 0 Å². The number of nitrogens with zero attached hydrogens (tertiary/aromatic N) is 2. The Hall–Kier alpha value is -0.730. The minimum absolute atomic E-state index is 0.795. The molecule has 0 unspecified atom stereocenters. The zero-order valence-corrected chi connectivity index (χ0v) is 11.7. The van der Waals surface area contributed by atoms with Crippen molar-refractivity contribution in [3.05, 3.63) is 0 Å². The van der Waals surface area contributed by atoms with Crippen molar-refractivity contribution in [1.29, 1.82) is 0 Å². The number of aliphatic imine (C=N–C) groups is 1. The molecule has 1 aliphatic carbocycles. The molecule has 2 aliphatic rings. The summed E-state index contributed by atoms with van der Waals surface area (Å²) in [7, 11) is 0. The van der Waals surface area contributed by atoms with Gasteiger partial charge in [-0.2, -0.15) is 0 Å². The van der Waals surface area contributed by atoms with E-state index in [4.69, 9.17) is 5.73 Å². The average molecular weight is 251 g/mol. The van der Waals surface area contributed by atoms with Gasteiger partial charge in [0.25, 0.3) is 0 Å². The lowest BCUT2D eigenvalue weighted by Gasteiger charge is -2.21. The summed E-state index contributed by atoms with van der Waals surface area (Å²) in [5.41, 5.74) is 6.09. The van der Waals surface area contributed by atoms with Gasteiger partial charge in [-0.15, -0.1) is 0 Å². The first-order chi connectivity index (χ1) is 8.86. The SMILES string of the molecule is NC(=NCCCC1CCCC1)N1CCCCCC1. The van der Waals surface area contributed by atoms with Gasteiger partial charge in [-0.1, -0.05) is 38.5 Å². The third-order valence-electron chi connectivity index (χ3n) is 4.45. The summed E-state index contributed by atoms with van der Waals surface area (Å²) in [6, 6.07) is 0. The number of likely N-dealkylation sites (tertiary alicyclic amines) is 1. The lowest BCUT2D eigenvalue weighted by Crippen LogP contribution is -2.38. The molecule has 0 atom stereocenters. The molecule has 0 aromatic rings. The number of hydrogen-bond acceptors (Lipinski definition) is 1. The topological polar surface area (TPSA) is 41.6 Å². The maximum absolute atomic E-state index is 6.09. The van der Waals surface area contributed by atoms with Crippen molar-refractivity contribution in [3.8, 4) is 0 Å². The van der Waals surface area contributed by atoms with E-state index in [0.717, 1.165) is 31.5 Å². The molecule has 1 saturated heterocycles. The average Bonchev–Trinajstić information content (AvgIpc) is 2.74. The minimum atomic E-state index is 0.795. The molecular weight excluding hydrogens is 222 g/mol. The molecule has 0 aromatic heterocycles. The maximum atomic E-state index is 6.09. The standard InChI is InChI=1S/C15H29N3/c16-15(18-12-5-1-2-6-13-18)17-11-7-10-14-8-3-4-9-14/h14H,1-13H2,(H2,16,17). The largest absolute Gasteiger partial charge is 0.370 e. The molecule has 0 aromatic carbocycles. The van der Waals surface area contributed by atoms with Gasteiger partial charge in [-0.05, 0) is 31.6 Å². The summed E-state index contributed by atoms with van der Waals surface area (Å²) in [5, 5.41) is 0. The predicted octanol–water partition coefficient (Wildman–Crippen LogP) is 3.15. The molecule has 1 saturated carbocycles. The van der Waals surface area contributed by atoms with Crippen molar-refractivity contribution in [3.63, 3.8) is 0 Å². The van der Waals surface area contributed by atoms with Gasteiger partial charge in [-0.3, -0.25) is 4.99 Å². The highest BCUT2D eigenvalue weighted by Crippen LogP contribution is 2.28. The van der Waals surface area contributed by atoms with E-state index in [9.17, 15) is 0 Å². The maximum Gasteiger partial charge on any atom is 0.191 e. The molecule has 2 rings (SSSR count). The monoisotopic (exact) mass is 251 g/mol. The van der Waals surface area contributed by atoms with Crippen LogP contribution in [0.15, 0.2) is 4.99 Å². The van der Waals surface area contributed by atoms with E-state index >= 15 is 0 Å². The fourth-order valence-corrected chi connectivity index (χ4v) is 3.27. The summed E-state index contributed by atoms with van der Waals surface area (Å²) in [5.74, 6) is 1.78. The summed E-state index contributed by atoms with van der Waals surface area (Å²) < 4.78 is 0. The summed E-state index contributed by atoms with van der Waals surface area (Å²) >= 11 is 0. The second kappa shape index (κ2) is 7.65. The first-order valence-corrected chi connectivity index (χ1v) is 7.91. The Labute approximate surface area is 112 Å². The second-order valence-electron chi connectivity index (χ2n) is 5.93. The van der Waals surface area contributed by atoms with Gasteiger partial charge in [0.15, 0.2) is 5.96 Å².